The molecule has 1 aromatic carbocycles. The fourth-order valence-corrected chi connectivity index (χ4v) is 4.94. The Labute approximate surface area is 214 Å². The first-order chi connectivity index (χ1) is 17.5. The van der Waals surface area contributed by atoms with Gasteiger partial charge in [0.25, 0.3) is 0 Å². The van der Waals surface area contributed by atoms with E-state index in [1.54, 1.807) is 12.5 Å². The average molecular weight is 502 g/mol. The molecule has 1 aliphatic heterocycles. The van der Waals surface area contributed by atoms with Crippen molar-refractivity contribution in [1.82, 2.24) is 14.9 Å². The number of methoxy groups -OCH3 is 1. The van der Waals surface area contributed by atoms with Crippen LogP contribution < -0.4 is 15.5 Å². The second-order valence-corrected chi connectivity index (χ2v) is 9.00. The summed E-state index contributed by atoms with van der Waals surface area (Å²) in [6, 6.07) is 19.5. The summed E-state index contributed by atoms with van der Waals surface area (Å²) in [5.74, 6) is 0.671. The summed E-state index contributed by atoms with van der Waals surface area (Å²) < 4.78 is 12.7. The van der Waals surface area contributed by atoms with Crippen molar-refractivity contribution >= 4 is 34.6 Å². The molecule has 0 aliphatic carbocycles. The Bertz CT molecular complexity index is 1350. The monoisotopic (exact) mass is 501 g/mol. The minimum Gasteiger partial charge on any atom is -0.467 e. The smallest absolute Gasteiger partial charge is 0.250 e. The summed E-state index contributed by atoms with van der Waals surface area (Å²) in [4.78, 5) is 18.8. The molecule has 2 N–H and O–H groups in total. The number of furan rings is 1. The highest BCUT2D eigenvalue weighted by Gasteiger charge is 2.42. The third-order valence-electron chi connectivity index (χ3n) is 6.21. The second kappa shape index (κ2) is 10.3. The fourth-order valence-electron chi connectivity index (χ4n) is 4.60. The van der Waals surface area contributed by atoms with Gasteiger partial charge in [0.1, 0.15) is 18.4 Å². The van der Waals surface area contributed by atoms with Crippen LogP contribution in [0.15, 0.2) is 83.7 Å². The van der Waals surface area contributed by atoms with Crippen LogP contribution in [0.5, 0.6) is 0 Å². The molecule has 0 unspecified atom stereocenters. The zero-order chi connectivity index (χ0) is 25.1. The Hall–Kier alpha value is -3.95. The van der Waals surface area contributed by atoms with Gasteiger partial charge in [-0.25, -0.2) is 0 Å². The maximum absolute atomic E-state index is 12.0. The molecule has 2 atom stereocenters. The van der Waals surface area contributed by atoms with E-state index >= 15 is 0 Å². The number of benzene rings is 1. The van der Waals surface area contributed by atoms with Gasteiger partial charge >= 0.3 is 0 Å². The number of rotatable bonds is 8. The molecular formula is C27H27N5O3S. The van der Waals surface area contributed by atoms with Crippen molar-refractivity contribution in [3.05, 3.63) is 102 Å². The average Bonchev–Trinajstić information content (AvgIpc) is 3.62. The second-order valence-electron chi connectivity index (χ2n) is 8.62. The summed E-state index contributed by atoms with van der Waals surface area (Å²) in [6.45, 7) is 2.57. The maximum atomic E-state index is 12.0. The Morgan fingerprint density at radius 1 is 1.19 bits per heavy atom. The molecule has 36 heavy (non-hydrogen) atoms. The molecular weight excluding hydrogens is 474 g/mol. The summed E-state index contributed by atoms with van der Waals surface area (Å²) in [5.41, 5.74) is 4.55. The number of nitrogens with zero attached hydrogens (tertiary/aromatic N) is 3. The lowest BCUT2D eigenvalue weighted by molar-refractivity contribution is -0.119. The van der Waals surface area contributed by atoms with Crippen molar-refractivity contribution in [3.63, 3.8) is 0 Å². The van der Waals surface area contributed by atoms with Crippen molar-refractivity contribution in [2.45, 2.75) is 25.6 Å². The summed E-state index contributed by atoms with van der Waals surface area (Å²) in [7, 11) is 1.50. The summed E-state index contributed by atoms with van der Waals surface area (Å²) in [6.07, 6.45) is 5.53. The standard InChI is InChI=1S/C27H27N5O3S/c1-18-15-19(10-11-21(18)29-24(33)17-34-2)32-26(25(30-27(32)36)22-8-3-4-12-28-22)23-9-5-13-31(23)16-20-7-6-14-35-20/h3-15,25-26H,16-17H2,1-2H3,(H,29,33)(H,30,36)/t25-,26-/m0/s1. The molecule has 0 saturated carbocycles. The SMILES string of the molecule is COCC(=O)Nc1ccc(N2C(=S)N[C@@H](c3ccccn3)[C@@H]2c2cccn2Cc2ccco2)cc1C. The van der Waals surface area contributed by atoms with E-state index in [-0.39, 0.29) is 24.6 Å². The topological polar surface area (TPSA) is 84.6 Å². The molecule has 3 aromatic heterocycles. The third kappa shape index (κ3) is 4.75. The van der Waals surface area contributed by atoms with Gasteiger partial charge in [-0.3, -0.25) is 9.78 Å². The van der Waals surface area contributed by atoms with Gasteiger partial charge in [0.15, 0.2) is 5.11 Å². The molecule has 4 heterocycles. The van der Waals surface area contributed by atoms with E-state index in [1.807, 2.05) is 67.7 Å². The Morgan fingerprint density at radius 3 is 2.81 bits per heavy atom. The van der Waals surface area contributed by atoms with Gasteiger partial charge in [0.2, 0.25) is 5.91 Å². The van der Waals surface area contributed by atoms with Crippen LogP contribution in [0.1, 0.15) is 34.8 Å². The lowest BCUT2D eigenvalue weighted by Gasteiger charge is -2.29. The number of aromatic nitrogens is 2. The molecule has 8 nitrogen and oxygen atoms in total. The Morgan fingerprint density at radius 2 is 2.08 bits per heavy atom. The quantitative estimate of drug-likeness (QED) is 0.342. The van der Waals surface area contributed by atoms with Crippen LogP contribution in [-0.2, 0) is 16.1 Å². The Kier molecular flexibility index (Phi) is 6.84. The minimum atomic E-state index is -0.199. The van der Waals surface area contributed by atoms with E-state index in [4.69, 9.17) is 21.4 Å². The summed E-state index contributed by atoms with van der Waals surface area (Å²) >= 11 is 5.86. The molecule has 5 rings (SSSR count). The number of pyridine rings is 1. The van der Waals surface area contributed by atoms with Crippen LogP contribution in [0.25, 0.3) is 0 Å². The van der Waals surface area contributed by atoms with Crippen LogP contribution in [0.3, 0.4) is 0 Å². The molecule has 1 amide bonds. The van der Waals surface area contributed by atoms with Gasteiger partial charge < -0.3 is 29.3 Å². The van der Waals surface area contributed by atoms with Crippen LogP contribution in [0.4, 0.5) is 11.4 Å². The molecule has 1 fully saturated rings. The molecule has 184 valence electrons. The van der Waals surface area contributed by atoms with Gasteiger partial charge in [-0.2, -0.15) is 0 Å². The number of ether oxygens (including phenoxy) is 1. The predicted octanol–water partition coefficient (Wildman–Crippen LogP) is 4.59. The normalized spacial score (nSPS) is 17.3. The van der Waals surface area contributed by atoms with E-state index < -0.39 is 0 Å². The first-order valence-electron chi connectivity index (χ1n) is 11.6. The number of hydrogen-bond acceptors (Lipinski definition) is 5. The molecule has 1 saturated heterocycles. The highest BCUT2D eigenvalue weighted by Crippen LogP contribution is 2.42. The lowest BCUT2D eigenvalue weighted by Crippen LogP contribution is -2.30. The van der Waals surface area contributed by atoms with Crippen molar-refractivity contribution in [2.75, 3.05) is 23.9 Å². The van der Waals surface area contributed by atoms with Gasteiger partial charge in [0.05, 0.1) is 24.5 Å². The molecule has 0 spiro atoms. The molecule has 1 aliphatic rings. The number of carbonyl (C=O) groups is 1. The van der Waals surface area contributed by atoms with Gasteiger partial charge in [-0.15, -0.1) is 0 Å². The van der Waals surface area contributed by atoms with Crippen molar-refractivity contribution in [3.8, 4) is 0 Å². The van der Waals surface area contributed by atoms with E-state index in [9.17, 15) is 4.79 Å². The summed E-state index contributed by atoms with van der Waals surface area (Å²) in [5, 5.41) is 7.00. The zero-order valence-electron chi connectivity index (χ0n) is 20.0. The van der Waals surface area contributed by atoms with E-state index in [1.165, 1.54) is 7.11 Å². The number of hydrogen-bond donors (Lipinski definition) is 2. The van der Waals surface area contributed by atoms with Gasteiger partial charge in [-0.05, 0) is 79.3 Å². The van der Waals surface area contributed by atoms with Crippen LogP contribution in [0.2, 0.25) is 0 Å². The minimum absolute atomic E-state index is 0.00180. The molecule has 0 radical (unpaired) electrons. The van der Waals surface area contributed by atoms with Gasteiger partial charge in [-0.1, -0.05) is 6.07 Å². The first-order valence-corrected chi connectivity index (χ1v) is 12.0. The molecule has 9 heteroatoms. The highest BCUT2D eigenvalue weighted by atomic mass is 32.1. The zero-order valence-corrected chi connectivity index (χ0v) is 20.9. The number of nitrogens with one attached hydrogen (secondary N) is 2. The highest BCUT2D eigenvalue weighted by molar-refractivity contribution is 7.80. The number of carbonyl (C=O) groups excluding carboxylic acids is 1. The largest absolute Gasteiger partial charge is 0.467 e. The van der Waals surface area contributed by atoms with Crippen LogP contribution in [-0.4, -0.2) is 34.3 Å². The fraction of sp³-hybridized carbons (Fsp3) is 0.222. The predicted molar refractivity (Wildman–Crippen MR) is 142 cm³/mol. The van der Waals surface area contributed by atoms with Crippen molar-refractivity contribution in [2.24, 2.45) is 0 Å². The number of aryl methyl sites for hydroxylation is 1. The number of anilines is 2. The Balaban J connectivity index is 1.54. The van der Waals surface area contributed by atoms with Crippen molar-refractivity contribution < 1.29 is 13.9 Å². The maximum Gasteiger partial charge on any atom is 0.250 e. The molecule has 0 bridgehead atoms. The van der Waals surface area contributed by atoms with E-state index in [0.717, 1.165) is 34.1 Å². The van der Waals surface area contributed by atoms with Crippen LogP contribution >= 0.6 is 12.2 Å². The third-order valence-corrected chi connectivity index (χ3v) is 6.52. The lowest BCUT2D eigenvalue weighted by atomic mass is 10.0. The van der Waals surface area contributed by atoms with Crippen LogP contribution in [0, 0.1) is 6.92 Å². The van der Waals surface area contributed by atoms with Crippen molar-refractivity contribution in [1.29, 1.82) is 0 Å². The molecule has 4 aromatic rings. The van der Waals surface area contributed by atoms with Gasteiger partial charge in [0, 0.05) is 36.6 Å². The van der Waals surface area contributed by atoms with E-state index in [0.29, 0.717) is 11.7 Å². The van der Waals surface area contributed by atoms with E-state index in [2.05, 4.69) is 31.2 Å². The first kappa shape index (κ1) is 23.8. The number of amides is 1. The number of thiocarbonyl (C=S) groups is 1.